The molecule has 0 fully saturated rings. The zero-order valence-corrected chi connectivity index (χ0v) is 8.70. The summed E-state index contributed by atoms with van der Waals surface area (Å²) in [6, 6.07) is 7.22. The topological polar surface area (TPSA) is 52.5 Å². The molecular formula is C10H14ClNO2. The van der Waals surface area contributed by atoms with Crippen LogP contribution >= 0.6 is 11.6 Å². The summed E-state index contributed by atoms with van der Waals surface area (Å²) in [7, 11) is 1.80. The van der Waals surface area contributed by atoms with Crippen LogP contribution in [0.15, 0.2) is 24.3 Å². The minimum absolute atomic E-state index is 0.0188. The maximum Gasteiger partial charge on any atom is 0.106 e. The molecule has 0 spiro atoms. The number of alkyl halides is 1. The van der Waals surface area contributed by atoms with Crippen molar-refractivity contribution in [3.05, 3.63) is 29.8 Å². The normalized spacial score (nSPS) is 14.9. The van der Waals surface area contributed by atoms with Crippen LogP contribution in [-0.2, 0) is 0 Å². The van der Waals surface area contributed by atoms with E-state index in [2.05, 4.69) is 5.32 Å². The second-order valence-corrected chi connectivity index (χ2v) is 3.35. The Kier molecular flexibility index (Phi) is 4.20. The smallest absolute Gasteiger partial charge is 0.106 e. The molecule has 0 saturated heterocycles. The molecule has 2 unspecified atom stereocenters. The molecule has 14 heavy (non-hydrogen) atoms. The van der Waals surface area contributed by atoms with E-state index in [0.29, 0.717) is 5.56 Å². The summed E-state index contributed by atoms with van der Waals surface area (Å²) in [6.45, 7) is 0. The van der Waals surface area contributed by atoms with Crippen LogP contribution in [0, 0.1) is 0 Å². The van der Waals surface area contributed by atoms with Crippen LogP contribution in [0.2, 0.25) is 0 Å². The summed E-state index contributed by atoms with van der Waals surface area (Å²) in [6.07, 6.45) is -1.86. The van der Waals surface area contributed by atoms with E-state index in [0.717, 1.165) is 5.69 Å². The maximum absolute atomic E-state index is 9.65. The SMILES string of the molecule is CNc1cccc(C(O)C(O)CCl)c1. The number of halogens is 1. The Labute approximate surface area is 88.3 Å². The fourth-order valence-electron chi connectivity index (χ4n) is 1.18. The Bertz CT molecular complexity index is 293. The summed E-state index contributed by atoms with van der Waals surface area (Å²) < 4.78 is 0. The zero-order valence-electron chi connectivity index (χ0n) is 7.94. The molecule has 0 amide bonds. The van der Waals surface area contributed by atoms with Crippen molar-refractivity contribution in [1.82, 2.24) is 0 Å². The largest absolute Gasteiger partial charge is 0.389 e. The molecule has 0 bridgehead atoms. The summed E-state index contributed by atoms with van der Waals surface area (Å²) in [5.74, 6) is 0.0188. The van der Waals surface area contributed by atoms with Gasteiger partial charge in [-0.05, 0) is 17.7 Å². The van der Waals surface area contributed by atoms with Gasteiger partial charge in [-0.3, -0.25) is 0 Å². The molecule has 4 heteroatoms. The van der Waals surface area contributed by atoms with E-state index in [1.807, 2.05) is 12.1 Å². The first-order valence-electron chi connectivity index (χ1n) is 4.39. The van der Waals surface area contributed by atoms with E-state index in [1.165, 1.54) is 0 Å². The number of hydrogen-bond donors (Lipinski definition) is 3. The summed E-state index contributed by atoms with van der Waals surface area (Å²) in [5, 5.41) is 21.9. The monoisotopic (exact) mass is 215 g/mol. The molecule has 0 heterocycles. The number of nitrogens with one attached hydrogen (secondary N) is 1. The van der Waals surface area contributed by atoms with Crippen molar-refractivity contribution in [3.63, 3.8) is 0 Å². The average Bonchev–Trinajstić information content (AvgIpc) is 2.27. The van der Waals surface area contributed by atoms with Gasteiger partial charge in [0.1, 0.15) is 6.10 Å². The number of aliphatic hydroxyl groups is 2. The van der Waals surface area contributed by atoms with Crippen molar-refractivity contribution in [2.75, 3.05) is 18.2 Å². The fraction of sp³-hybridized carbons (Fsp3) is 0.400. The van der Waals surface area contributed by atoms with E-state index in [1.54, 1.807) is 19.2 Å². The summed E-state index contributed by atoms with van der Waals surface area (Å²) >= 11 is 5.44. The Hall–Kier alpha value is -0.770. The molecular weight excluding hydrogens is 202 g/mol. The molecule has 3 N–H and O–H groups in total. The second-order valence-electron chi connectivity index (χ2n) is 3.04. The molecule has 1 aromatic carbocycles. The van der Waals surface area contributed by atoms with Gasteiger partial charge in [-0.2, -0.15) is 0 Å². The molecule has 0 aliphatic carbocycles. The van der Waals surface area contributed by atoms with Crippen LogP contribution in [0.4, 0.5) is 5.69 Å². The van der Waals surface area contributed by atoms with E-state index >= 15 is 0 Å². The first-order chi connectivity index (χ1) is 6.69. The lowest BCUT2D eigenvalue weighted by Gasteiger charge is -2.16. The molecule has 3 nitrogen and oxygen atoms in total. The van der Waals surface area contributed by atoms with Crippen LogP contribution in [-0.4, -0.2) is 29.2 Å². The van der Waals surface area contributed by atoms with Crippen molar-refractivity contribution in [3.8, 4) is 0 Å². The highest BCUT2D eigenvalue weighted by Crippen LogP contribution is 2.20. The van der Waals surface area contributed by atoms with Crippen molar-refractivity contribution >= 4 is 17.3 Å². The molecule has 0 aliphatic rings. The molecule has 0 aliphatic heterocycles. The molecule has 0 aromatic heterocycles. The van der Waals surface area contributed by atoms with Gasteiger partial charge in [0.25, 0.3) is 0 Å². The minimum Gasteiger partial charge on any atom is -0.389 e. The Balaban J connectivity index is 2.83. The van der Waals surface area contributed by atoms with Crippen LogP contribution in [0.3, 0.4) is 0 Å². The van der Waals surface area contributed by atoms with Crippen molar-refractivity contribution in [1.29, 1.82) is 0 Å². The third kappa shape index (κ3) is 2.61. The van der Waals surface area contributed by atoms with E-state index < -0.39 is 12.2 Å². The van der Waals surface area contributed by atoms with Gasteiger partial charge in [-0.25, -0.2) is 0 Å². The lowest BCUT2D eigenvalue weighted by molar-refractivity contribution is 0.0327. The maximum atomic E-state index is 9.65. The van der Waals surface area contributed by atoms with Gasteiger partial charge in [0.05, 0.1) is 12.0 Å². The zero-order chi connectivity index (χ0) is 10.6. The van der Waals surface area contributed by atoms with E-state index in [-0.39, 0.29) is 5.88 Å². The third-order valence-corrected chi connectivity index (χ3v) is 2.36. The average molecular weight is 216 g/mol. The van der Waals surface area contributed by atoms with Gasteiger partial charge in [0.15, 0.2) is 0 Å². The van der Waals surface area contributed by atoms with Gasteiger partial charge in [-0.15, -0.1) is 11.6 Å². The molecule has 0 radical (unpaired) electrons. The summed E-state index contributed by atoms with van der Waals surface area (Å²) in [5.41, 5.74) is 1.55. The Morgan fingerprint density at radius 2 is 2.14 bits per heavy atom. The highest BCUT2D eigenvalue weighted by molar-refractivity contribution is 6.18. The van der Waals surface area contributed by atoms with Gasteiger partial charge in [0.2, 0.25) is 0 Å². The molecule has 1 rings (SSSR count). The quantitative estimate of drug-likeness (QED) is 0.665. The van der Waals surface area contributed by atoms with E-state index in [4.69, 9.17) is 11.6 Å². The number of aliphatic hydroxyl groups excluding tert-OH is 2. The van der Waals surface area contributed by atoms with Crippen molar-refractivity contribution in [2.45, 2.75) is 12.2 Å². The number of hydrogen-bond acceptors (Lipinski definition) is 3. The molecule has 78 valence electrons. The van der Waals surface area contributed by atoms with Crippen molar-refractivity contribution in [2.24, 2.45) is 0 Å². The molecule has 1 aromatic rings. The summed E-state index contributed by atoms with van der Waals surface area (Å²) in [4.78, 5) is 0. The predicted octanol–water partition coefficient (Wildman–Crippen LogP) is 1.36. The number of anilines is 1. The number of rotatable bonds is 4. The van der Waals surface area contributed by atoms with Crippen LogP contribution in [0.25, 0.3) is 0 Å². The van der Waals surface area contributed by atoms with Gasteiger partial charge >= 0.3 is 0 Å². The number of benzene rings is 1. The van der Waals surface area contributed by atoms with Gasteiger partial charge in [-0.1, -0.05) is 12.1 Å². The Morgan fingerprint density at radius 3 is 2.71 bits per heavy atom. The van der Waals surface area contributed by atoms with Crippen LogP contribution in [0.5, 0.6) is 0 Å². The van der Waals surface area contributed by atoms with Gasteiger partial charge in [0, 0.05) is 12.7 Å². The third-order valence-electron chi connectivity index (χ3n) is 2.04. The minimum atomic E-state index is -0.930. The van der Waals surface area contributed by atoms with E-state index in [9.17, 15) is 10.2 Å². The molecule has 2 atom stereocenters. The van der Waals surface area contributed by atoms with Crippen molar-refractivity contribution < 1.29 is 10.2 Å². The Morgan fingerprint density at radius 1 is 1.43 bits per heavy atom. The second kappa shape index (κ2) is 5.20. The first-order valence-corrected chi connectivity index (χ1v) is 4.92. The highest BCUT2D eigenvalue weighted by Gasteiger charge is 2.17. The molecule has 0 saturated carbocycles. The first kappa shape index (κ1) is 11.3. The lowest BCUT2D eigenvalue weighted by Crippen LogP contribution is -2.19. The van der Waals surface area contributed by atoms with Crippen LogP contribution < -0.4 is 5.32 Å². The van der Waals surface area contributed by atoms with Crippen LogP contribution in [0.1, 0.15) is 11.7 Å². The predicted molar refractivity (Wildman–Crippen MR) is 57.7 cm³/mol. The highest BCUT2D eigenvalue weighted by atomic mass is 35.5. The fourth-order valence-corrected chi connectivity index (χ4v) is 1.35. The lowest BCUT2D eigenvalue weighted by atomic mass is 10.0. The standard InChI is InChI=1S/C10H14ClNO2/c1-12-8-4-2-3-7(5-8)10(14)9(13)6-11/h2-5,9-10,12-14H,6H2,1H3. The van der Waals surface area contributed by atoms with Gasteiger partial charge < -0.3 is 15.5 Å².